The van der Waals surface area contributed by atoms with E-state index in [4.69, 9.17) is 9.47 Å². The van der Waals surface area contributed by atoms with Crippen LogP contribution in [0.15, 0.2) is 47.5 Å². The minimum Gasteiger partial charge on any atom is -0.493 e. The first-order chi connectivity index (χ1) is 12.7. The molecule has 0 heterocycles. The van der Waals surface area contributed by atoms with Crippen LogP contribution in [0, 0.1) is 5.82 Å². The monoisotopic (exact) mass is 359 g/mol. The van der Waals surface area contributed by atoms with Gasteiger partial charge >= 0.3 is 0 Å². The molecule has 140 valence electrons. The number of methoxy groups -OCH3 is 1. The number of halogens is 1. The molecule has 0 aliphatic heterocycles. The predicted octanol–water partition coefficient (Wildman–Crippen LogP) is 3.14. The Morgan fingerprint density at radius 1 is 1.08 bits per heavy atom. The van der Waals surface area contributed by atoms with E-state index in [0.717, 1.165) is 23.3 Å². The standard InChI is InChI=1S/C20H26FN3O2/c1-4-26-18-9-8-16(13-19(18)25-3)14-24-20(22-2)23-11-10-15-6-5-7-17(21)12-15/h5-9,12-13H,4,10-11,14H2,1-3H3,(H2,22,23,24). The molecule has 2 N–H and O–H groups in total. The third kappa shape index (κ3) is 5.95. The van der Waals surface area contributed by atoms with Crippen molar-refractivity contribution in [1.29, 1.82) is 0 Å². The predicted molar refractivity (Wildman–Crippen MR) is 102 cm³/mol. The van der Waals surface area contributed by atoms with Gasteiger partial charge in [0.15, 0.2) is 17.5 Å². The summed E-state index contributed by atoms with van der Waals surface area (Å²) in [7, 11) is 3.35. The molecule has 0 aliphatic carbocycles. The lowest BCUT2D eigenvalue weighted by atomic mass is 10.1. The zero-order valence-electron chi connectivity index (χ0n) is 15.5. The number of hydrogen-bond acceptors (Lipinski definition) is 3. The third-order valence-corrected chi connectivity index (χ3v) is 3.81. The number of nitrogens with one attached hydrogen (secondary N) is 2. The summed E-state index contributed by atoms with van der Waals surface area (Å²) in [5, 5.41) is 6.48. The first-order valence-corrected chi connectivity index (χ1v) is 8.65. The molecule has 2 aromatic carbocycles. The summed E-state index contributed by atoms with van der Waals surface area (Å²) in [6.45, 7) is 3.79. The minimum absolute atomic E-state index is 0.213. The molecule has 2 aromatic rings. The van der Waals surface area contributed by atoms with Crippen LogP contribution in [0.5, 0.6) is 11.5 Å². The van der Waals surface area contributed by atoms with E-state index in [1.54, 1.807) is 26.3 Å². The molecule has 0 atom stereocenters. The summed E-state index contributed by atoms with van der Waals surface area (Å²) >= 11 is 0. The lowest BCUT2D eigenvalue weighted by Gasteiger charge is -2.14. The van der Waals surface area contributed by atoms with E-state index in [2.05, 4.69) is 15.6 Å². The molecule has 0 unspecified atom stereocenters. The summed E-state index contributed by atoms with van der Waals surface area (Å²) in [5.41, 5.74) is 2.00. The van der Waals surface area contributed by atoms with Gasteiger partial charge in [-0.05, 0) is 48.7 Å². The fourth-order valence-electron chi connectivity index (χ4n) is 2.52. The van der Waals surface area contributed by atoms with Crippen LogP contribution in [0.1, 0.15) is 18.1 Å². The molecule has 0 aliphatic rings. The van der Waals surface area contributed by atoms with Crippen molar-refractivity contribution < 1.29 is 13.9 Å². The fraction of sp³-hybridized carbons (Fsp3) is 0.350. The Morgan fingerprint density at radius 3 is 2.62 bits per heavy atom. The van der Waals surface area contributed by atoms with E-state index in [1.165, 1.54) is 6.07 Å². The van der Waals surface area contributed by atoms with Crippen LogP contribution < -0.4 is 20.1 Å². The molecule has 0 fully saturated rings. The summed E-state index contributed by atoms with van der Waals surface area (Å²) in [6, 6.07) is 12.5. The van der Waals surface area contributed by atoms with Gasteiger partial charge in [-0.25, -0.2) is 4.39 Å². The number of ether oxygens (including phenoxy) is 2. The van der Waals surface area contributed by atoms with E-state index in [9.17, 15) is 4.39 Å². The Kier molecular flexibility index (Phi) is 7.74. The van der Waals surface area contributed by atoms with E-state index in [0.29, 0.717) is 31.4 Å². The Labute approximate surface area is 154 Å². The van der Waals surface area contributed by atoms with Crippen LogP contribution in [-0.4, -0.2) is 33.3 Å². The summed E-state index contributed by atoms with van der Waals surface area (Å²) in [4.78, 5) is 4.21. The van der Waals surface area contributed by atoms with Crippen molar-refractivity contribution >= 4 is 5.96 Å². The minimum atomic E-state index is -0.213. The van der Waals surface area contributed by atoms with Crippen molar-refractivity contribution in [3.63, 3.8) is 0 Å². The lowest BCUT2D eigenvalue weighted by Crippen LogP contribution is -2.37. The van der Waals surface area contributed by atoms with Gasteiger partial charge in [-0.3, -0.25) is 4.99 Å². The molecule has 6 heteroatoms. The first-order valence-electron chi connectivity index (χ1n) is 8.65. The highest BCUT2D eigenvalue weighted by Crippen LogP contribution is 2.27. The van der Waals surface area contributed by atoms with Crippen LogP contribution in [0.2, 0.25) is 0 Å². The zero-order valence-corrected chi connectivity index (χ0v) is 15.5. The van der Waals surface area contributed by atoms with Crippen LogP contribution in [0.3, 0.4) is 0 Å². The highest BCUT2D eigenvalue weighted by atomic mass is 19.1. The van der Waals surface area contributed by atoms with E-state index in [-0.39, 0.29) is 5.82 Å². The second-order valence-corrected chi connectivity index (χ2v) is 5.65. The van der Waals surface area contributed by atoms with Gasteiger partial charge in [0.05, 0.1) is 13.7 Å². The van der Waals surface area contributed by atoms with Gasteiger partial charge in [0, 0.05) is 20.1 Å². The van der Waals surface area contributed by atoms with Crippen LogP contribution in [0.25, 0.3) is 0 Å². The van der Waals surface area contributed by atoms with Crippen LogP contribution in [-0.2, 0) is 13.0 Å². The largest absolute Gasteiger partial charge is 0.493 e. The SMILES string of the molecule is CCOc1ccc(CNC(=NC)NCCc2cccc(F)c2)cc1OC. The van der Waals surface area contributed by atoms with Gasteiger partial charge in [0.1, 0.15) is 5.82 Å². The Bertz CT molecular complexity index is 735. The second-order valence-electron chi connectivity index (χ2n) is 5.65. The van der Waals surface area contributed by atoms with Crippen molar-refractivity contribution in [2.45, 2.75) is 19.9 Å². The van der Waals surface area contributed by atoms with Crippen molar-refractivity contribution in [3.8, 4) is 11.5 Å². The van der Waals surface area contributed by atoms with E-state index >= 15 is 0 Å². The van der Waals surface area contributed by atoms with Gasteiger partial charge in [0.2, 0.25) is 0 Å². The topological polar surface area (TPSA) is 54.9 Å². The highest BCUT2D eigenvalue weighted by molar-refractivity contribution is 5.79. The number of benzene rings is 2. The van der Waals surface area contributed by atoms with Crippen molar-refractivity contribution in [3.05, 3.63) is 59.4 Å². The molecule has 0 amide bonds. The average Bonchev–Trinajstić information content (AvgIpc) is 2.65. The Balaban J connectivity index is 1.84. The number of aliphatic imine (C=N–C) groups is 1. The lowest BCUT2D eigenvalue weighted by molar-refractivity contribution is 0.310. The Morgan fingerprint density at radius 2 is 1.92 bits per heavy atom. The second kappa shape index (κ2) is 10.3. The van der Waals surface area contributed by atoms with Crippen LogP contribution in [0.4, 0.5) is 4.39 Å². The van der Waals surface area contributed by atoms with Gasteiger partial charge in [-0.2, -0.15) is 0 Å². The van der Waals surface area contributed by atoms with Gasteiger partial charge in [0.25, 0.3) is 0 Å². The summed E-state index contributed by atoms with van der Waals surface area (Å²) < 4.78 is 24.1. The first kappa shape index (κ1) is 19.6. The molecule has 26 heavy (non-hydrogen) atoms. The molecular weight excluding hydrogens is 333 g/mol. The quantitative estimate of drug-likeness (QED) is 0.562. The number of nitrogens with zero attached hydrogens (tertiary/aromatic N) is 1. The molecule has 0 spiro atoms. The highest BCUT2D eigenvalue weighted by Gasteiger charge is 2.06. The zero-order chi connectivity index (χ0) is 18.8. The Hall–Kier alpha value is -2.76. The van der Waals surface area contributed by atoms with Crippen molar-refractivity contribution in [1.82, 2.24) is 10.6 Å². The van der Waals surface area contributed by atoms with Crippen molar-refractivity contribution in [2.75, 3.05) is 27.3 Å². The van der Waals surface area contributed by atoms with Gasteiger partial charge < -0.3 is 20.1 Å². The number of guanidine groups is 1. The number of rotatable bonds is 8. The maximum absolute atomic E-state index is 13.2. The van der Waals surface area contributed by atoms with E-state index in [1.807, 2.05) is 31.2 Å². The van der Waals surface area contributed by atoms with Gasteiger partial charge in [-0.1, -0.05) is 18.2 Å². The molecular formula is C20H26FN3O2. The normalized spacial score (nSPS) is 11.2. The van der Waals surface area contributed by atoms with Crippen molar-refractivity contribution in [2.24, 2.45) is 4.99 Å². The third-order valence-electron chi connectivity index (χ3n) is 3.81. The molecule has 5 nitrogen and oxygen atoms in total. The summed E-state index contributed by atoms with van der Waals surface area (Å²) in [5.74, 6) is 1.92. The molecule has 0 aromatic heterocycles. The molecule has 0 bridgehead atoms. The van der Waals surface area contributed by atoms with Gasteiger partial charge in [-0.15, -0.1) is 0 Å². The van der Waals surface area contributed by atoms with E-state index < -0.39 is 0 Å². The maximum atomic E-state index is 13.2. The molecule has 0 saturated heterocycles. The fourth-order valence-corrected chi connectivity index (χ4v) is 2.52. The molecule has 2 rings (SSSR count). The molecule has 0 saturated carbocycles. The average molecular weight is 359 g/mol. The summed E-state index contributed by atoms with van der Waals surface area (Å²) in [6.07, 6.45) is 0.718. The molecule has 0 radical (unpaired) electrons. The maximum Gasteiger partial charge on any atom is 0.191 e. The van der Waals surface area contributed by atoms with Crippen LogP contribution >= 0.6 is 0 Å². The smallest absolute Gasteiger partial charge is 0.191 e. The number of hydrogen-bond donors (Lipinski definition) is 2.